The predicted octanol–water partition coefficient (Wildman–Crippen LogP) is 2.66. The number of imide groups is 1. The molecule has 2 aliphatic carbocycles. The number of carbonyl (C=O) groups is 2. The summed E-state index contributed by atoms with van der Waals surface area (Å²) in [6.07, 6.45) is 5.08. The summed E-state index contributed by atoms with van der Waals surface area (Å²) in [5.74, 6) is 0.219. The monoisotopic (exact) mass is 303 g/mol. The summed E-state index contributed by atoms with van der Waals surface area (Å²) < 4.78 is 5.28. The van der Waals surface area contributed by atoms with E-state index < -0.39 is 0 Å². The van der Waals surface area contributed by atoms with Crippen LogP contribution >= 0.6 is 11.6 Å². The molecule has 4 atom stereocenters. The molecule has 0 radical (unpaired) electrons. The number of nitrogens with zero attached hydrogens (tertiary/aromatic N) is 1. The average molecular weight is 304 g/mol. The smallest absolute Gasteiger partial charge is 0.238 e. The zero-order valence-electron chi connectivity index (χ0n) is 11.5. The van der Waals surface area contributed by atoms with Crippen molar-refractivity contribution >= 4 is 29.1 Å². The van der Waals surface area contributed by atoms with Crippen molar-refractivity contribution in [2.24, 2.45) is 23.7 Å². The highest BCUT2D eigenvalue weighted by Crippen LogP contribution is 2.54. The highest BCUT2D eigenvalue weighted by Gasteiger charge is 2.59. The highest BCUT2D eigenvalue weighted by atomic mass is 35.5. The van der Waals surface area contributed by atoms with Gasteiger partial charge in [-0.05, 0) is 36.5 Å². The first kappa shape index (κ1) is 12.9. The van der Waals surface area contributed by atoms with Crippen molar-refractivity contribution in [2.45, 2.75) is 6.42 Å². The van der Waals surface area contributed by atoms with E-state index in [0.29, 0.717) is 16.5 Å². The Morgan fingerprint density at radius 1 is 1.14 bits per heavy atom. The van der Waals surface area contributed by atoms with E-state index in [9.17, 15) is 9.59 Å². The molecule has 4 nitrogen and oxygen atoms in total. The maximum Gasteiger partial charge on any atom is 0.238 e. The number of fused-ring (bicyclic) bond motifs is 5. The van der Waals surface area contributed by atoms with Crippen molar-refractivity contribution in [3.63, 3.8) is 0 Å². The molecule has 1 aliphatic heterocycles. The Balaban J connectivity index is 1.79. The molecule has 2 amide bonds. The second-order valence-corrected chi connectivity index (χ2v) is 6.26. The van der Waals surface area contributed by atoms with Crippen LogP contribution in [0.3, 0.4) is 0 Å². The number of anilines is 1. The summed E-state index contributed by atoms with van der Waals surface area (Å²) in [6, 6.07) is 4.98. The van der Waals surface area contributed by atoms with E-state index in [2.05, 4.69) is 12.2 Å². The molecule has 1 heterocycles. The SMILES string of the molecule is COc1ccc(Cl)cc1N1C(=O)[C@@H]2[C@H](C1=O)[C@@H]1C=C[C@@H]2C1. The molecule has 2 bridgehead atoms. The Morgan fingerprint density at radius 3 is 2.33 bits per heavy atom. The largest absolute Gasteiger partial charge is 0.495 e. The first-order valence-corrected chi connectivity index (χ1v) is 7.39. The fourth-order valence-electron chi connectivity index (χ4n) is 3.98. The van der Waals surface area contributed by atoms with E-state index >= 15 is 0 Å². The maximum atomic E-state index is 12.7. The van der Waals surface area contributed by atoms with E-state index in [1.54, 1.807) is 18.2 Å². The Labute approximate surface area is 127 Å². The number of hydrogen-bond acceptors (Lipinski definition) is 3. The van der Waals surface area contributed by atoms with Crippen molar-refractivity contribution < 1.29 is 14.3 Å². The maximum absolute atomic E-state index is 12.7. The lowest BCUT2D eigenvalue weighted by molar-refractivity contribution is -0.123. The molecule has 1 aromatic rings. The number of benzene rings is 1. The molecule has 0 spiro atoms. The fraction of sp³-hybridized carbons (Fsp3) is 0.375. The Morgan fingerprint density at radius 2 is 1.76 bits per heavy atom. The van der Waals surface area contributed by atoms with Crippen LogP contribution < -0.4 is 9.64 Å². The number of hydrogen-bond donors (Lipinski definition) is 0. The van der Waals surface area contributed by atoms with Gasteiger partial charge in [-0.2, -0.15) is 0 Å². The standard InChI is InChI=1S/C16H14ClNO3/c1-21-12-5-4-10(17)7-11(12)18-15(19)13-8-2-3-9(6-8)14(13)16(18)20/h2-5,7-9,13-14H,6H2,1H3/t8-,9-,13-,14+/m1/s1. The molecule has 1 saturated carbocycles. The molecule has 21 heavy (non-hydrogen) atoms. The summed E-state index contributed by atoms with van der Waals surface area (Å²) in [6.45, 7) is 0. The lowest BCUT2D eigenvalue weighted by Crippen LogP contribution is -2.33. The van der Waals surface area contributed by atoms with Gasteiger partial charge in [0, 0.05) is 5.02 Å². The Bertz CT molecular complexity index is 654. The van der Waals surface area contributed by atoms with Crippen LogP contribution in [-0.4, -0.2) is 18.9 Å². The number of allylic oxidation sites excluding steroid dienone is 2. The number of rotatable bonds is 2. The minimum absolute atomic E-state index is 0.123. The second-order valence-electron chi connectivity index (χ2n) is 5.83. The number of methoxy groups -OCH3 is 1. The van der Waals surface area contributed by atoms with Crippen LogP contribution in [0.1, 0.15) is 6.42 Å². The highest BCUT2D eigenvalue weighted by molar-refractivity contribution is 6.31. The third kappa shape index (κ3) is 1.62. The Hall–Kier alpha value is -1.81. The normalized spacial score (nSPS) is 33.0. The fourth-order valence-corrected chi connectivity index (χ4v) is 4.14. The molecular formula is C16H14ClNO3. The quantitative estimate of drug-likeness (QED) is 0.623. The van der Waals surface area contributed by atoms with Gasteiger partial charge in [0.15, 0.2) is 0 Å². The van der Waals surface area contributed by atoms with Crippen molar-refractivity contribution in [3.8, 4) is 5.75 Å². The number of ether oxygens (including phenoxy) is 1. The van der Waals surface area contributed by atoms with Gasteiger partial charge in [-0.3, -0.25) is 9.59 Å². The van der Waals surface area contributed by atoms with Crippen molar-refractivity contribution in [1.82, 2.24) is 0 Å². The van der Waals surface area contributed by atoms with Crippen LogP contribution in [0.5, 0.6) is 5.75 Å². The lowest BCUT2D eigenvalue weighted by Gasteiger charge is -2.20. The predicted molar refractivity (Wildman–Crippen MR) is 78.2 cm³/mol. The van der Waals surface area contributed by atoms with Gasteiger partial charge in [-0.25, -0.2) is 4.90 Å². The molecule has 0 aromatic heterocycles. The number of amides is 2. The van der Waals surface area contributed by atoms with E-state index in [1.807, 2.05) is 0 Å². The van der Waals surface area contributed by atoms with Crippen LogP contribution in [0.15, 0.2) is 30.4 Å². The zero-order chi connectivity index (χ0) is 14.7. The third-order valence-electron chi connectivity index (χ3n) is 4.85. The van der Waals surface area contributed by atoms with Gasteiger partial charge >= 0.3 is 0 Å². The van der Waals surface area contributed by atoms with Crippen LogP contribution in [0.4, 0.5) is 5.69 Å². The van der Waals surface area contributed by atoms with E-state index in [0.717, 1.165) is 6.42 Å². The van der Waals surface area contributed by atoms with Crippen LogP contribution in [-0.2, 0) is 9.59 Å². The van der Waals surface area contributed by atoms with Gasteiger partial charge < -0.3 is 4.74 Å². The van der Waals surface area contributed by atoms with Crippen molar-refractivity contribution in [3.05, 3.63) is 35.4 Å². The lowest BCUT2D eigenvalue weighted by atomic mass is 9.85. The van der Waals surface area contributed by atoms with Crippen molar-refractivity contribution in [1.29, 1.82) is 0 Å². The van der Waals surface area contributed by atoms with Gasteiger partial charge in [-0.1, -0.05) is 23.8 Å². The van der Waals surface area contributed by atoms with Gasteiger partial charge in [0.1, 0.15) is 5.75 Å². The van der Waals surface area contributed by atoms with Crippen LogP contribution in [0.25, 0.3) is 0 Å². The van der Waals surface area contributed by atoms with Gasteiger partial charge in [0.25, 0.3) is 0 Å². The van der Waals surface area contributed by atoms with Crippen molar-refractivity contribution in [2.75, 3.05) is 12.0 Å². The number of carbonyl (C=O) groups excluding carboxylic acids is 2. The summed E-state index contributed by atoms with van der Waals surface area (Å²) in [5.41, 5.74) is 0.453. The van der Waals surface area contributed by atoms with E-state index in [4.69, 9.17) is 16.3 Å². The van der Waals surface area contributed by atoms with Crippen LogP contribution in [0.2, 0.25) is 5.02 Å². The summed E-state index contributed by atoms with van der Waals surface area (Å²) in [4.78, 5) is 26.7. The third-order valence-corrected chi connectivity index (χ3v) is 5.09. The molecule has 0 N–H and O–H groups in total. The van der Waals surface area contributed by atoms with Gasteiger partial charge in [-0.15, -0.1) is 0 Å². The zero-order valence-corrected chi connectivity index (χ0v) is 12.2. The summed E-state index contributed by atoms with van der Waals surface area (Å²) >= 11 is 6.02. The molecule has 1 saturated heterocycles. The molecule has 0 unspecified atom stereocenters. The van der Waals surface area contributed by atoms with Gasteiger partial charge in [0.05, 0.1) is 24.6 Å². The second kappa shape index (κ2) is 4.34. The average Bonchev–Trinajstić information content (AvgIpc) is 3.13. The number of halogens is 1. The van der Waals surface area contributed by atoms with E-state index in [-0.39, 0.29) is 35.5 Å². The molecule has 4 rings (SSSR count). The molecule has 3 aliphatic rings. The first-order chi connectivity index (χ1) is 10.1. The minimum atomic E-state index is -0.212. The van der Waals surface area contributed by atoms with E-state index in [1.165, 1.54) is 12.0 Å². The summed E-state index contributed by atoms with van der Waals surface area (Å²) in [5, 5.41) is 0.476. The first-order valence-electron chi connectivity index (χ1n) is 7.01. The molecular weight excluding hydrogens is 290 g/mol. The molecule has 2 fully saturated rings. The van der Waals surface area contributed by atoms with Crippen LogP contribution in [0, 0.1) is 23.7 Å². The summed E-state index contributed by atoms with van der Waals surface area (Å²) in [7, 11) is 1.52. The Kier molecular flexibility index (Phi) is 2.67. The topological polar surface area (TPSA) is 46.6 Å². The minimum Gasteiger partial charge on any atom is -0.495 e. The molecule has 5 heteroatoms. The molecule has 108 valence electrons. The van der Waals surface area contributed by atoms with Gasteiger partial charge in [0.2, 0.25) is 11.8 Å². The molecule has 1 aromatic carbocycles.